The molecule has 0 spiro atoms. The van der Waals surface area contributed by atoms with Gasteiger partial charge in [0.2, 0.25) is 0 Å². The molecule has 17 heavy (non-hydrogen) atoms. The second kappa shape index (κ2) is 4.29. The summed E-state index contributed by atoms with van der Waals surface area (Å²) >= 11 is 0. The molecule has 1 aromatic rings. The van der Waals surface area contributed by atoms with Gasteiger partial charge in [0.25, 0.3) is 0 Å². The zero-order valence-corrected chi connectivity index (χ0v) is 9.13. The van der Waals surface area contributed by atoms with Gasteiger partial charge in [-0.3, -0.25) is 4.79 Å². The Labute approximate surface area is 99.0 Å². The molecule has 0 aromatic heterocycles. The fourth-order valence-corrected chi connectivity index (χ4v) is 1.70. The van der Waals surface area contributed by atoms with Crippen molar-refractivity contribution in [1.29, 1.82) is 0 Å². The van der Waals surface area contributed by atoms with Gasteiger partial charge in [0, 0.05) is 17.6 Å². The zero-order chi connectivity index (χ0) is 12.4. The Hall–Kier alpha value is -2.29. The van der Waals surface area contributed by atoms with Crippen LogP contribution >= 0.6 is 0 Å². The van der Waals surface area contributed by atoms with Crippen LogP contribution in [0.1, 0.15) is 10.4 Å². The topological polar surface area (TPSA) is 57.5 Å². The van der Waals surface area contributed by atoms with Gasteiger partial charge in [0.05, 0.1) is 5.56 Å². The van der Waals surface area contributed by atoms with E-state index in [1.54, 1.807) is 0 Å². The zero-order valence-electron chi connectivity index (χ0n) is 9.13. The van der Waals surface area contributed by atoms with E-state index in [4.69, 9.17) is 5.11 Å². The maximum atomic E-state index is 12.1. The molecule has 0 saturated carbocycles. The molecule has 1 aliphatic rings. The lowest BCUT2D eigenvalue weighted by Gasteiger charge is -2.10. The summed E-state index contributed by atoms with van der Waals surface area (Å²) in [6.07, 6.45) is 7.41. The second-order valence-corrected chi connectivity index (χ2v) is 3.85. The Morgan fingerprint density at radius 3 is 2.41 bits per heavy atom. The van der Waals surface area contributed by atoms with E-state index in [2.05, 4.69) is 6.58 Å². The van der Waals surface area contributed by atoms with Crippen molar-refractivity contribution in [3.63, 3.8) is 0 Å². The van der Waals surface area contributed by atoms with Gasteiger partial charge in [0.1, 0.15) is 11.5 Å². The van der Waals surface area contributed by atoms with Crippen molar-refractivity contribution in [3.8, 4) is 11.5 Å². The molecule has 0 unspecified atom stereocenters. The van der Waals surface area contributed by atoms with Crippen LogP contribution in [0.25, 0.3) is 0 Å². The molecule has 0 aliphatic heterocycles. The number of benzene rings is 1. The first kappa shape index (κ1) is 11.2. The Morgan fingerprint density at radius 2 is 1.82 bits per heavy atom. The van der Waals surface area contributed by atoms with Gasteiger partial charge in [-0.25, -0.2) is 0 Å². The molecule has 0 saturated heterocycles. The van der Waals surface area contributed by atoms with E-state index in [0.29, 0.717) is 5.57 Å². The maximum absolute atomic E-state index is 12.1. The fraction of sp³-hybridized carbons (Fsp3) is 0.0714. The highest BCUT2D eigenvalue weighted by Gasteiger charge is 2.20. The van der Waals surface area contributed by atoms with Crippen molar-refractivity contribution in [2.45, 2.75) is 0 Å². The fourth-order valence-electron chi connectivity index (χ4n) is 1.70. The quantitative estimate of drug-likeness (QED) is 0.617. The molecule has 0 fully saturated rings. The number of ketones is 1. The third-order valence-electron chi connectivity index (χ3n) is 2.67. The molecule has 1 aromatic carbocycles. The van der Waals surface area contributed by atoms with Crippen LogP contribution in [0.2, 0.25) is 0 Å². The van der Waals surface area contributed by atoms with Crippen molar-refractivity contribution in [2.75, 3.05) is 0 Å². The minimum atomic E-state index is -0.316. The molecule has 3 nitrogen and oxygen atoms in total. The van der Waals surface area contributed by atoms with E-state index in [1.807, 2.05) is 24.3 Å². The highest BCUT2D eigenvalue weighted by Crippen LogP contribution is 2.28. The van der Waals surface area contributed by atoms with E-state index in [-0.39, 0.29) is 28.8 Å². The van der Waals surface area contributed by atoms with Crippen molar-refractivity contribution in [3.05, 3.63) is 60.2 Å². The van der Waals surface area contributed by atoms with Gasteiger partial charge in [-0.15, -0.1) is 0 Å². The number of phenols is 2. The lowest BCUT2D eigenvalue weighted by molar-refractivity contribution is 0.102. The minimum Gasteiger partial charge on any atom is -0.508 e. The summed E-state index contributed by atoms with van der Waals surface area (Å²) in [7, 11) is 0. The Morgan fingerprint density at radius 1 is 1.18 bits per heavy atom. The lowest BCUT2D eigenvalue weighted by Crippen LogP contribution is -2.08. The van der Waals surface area contributed by atoms with Gasteiger partial charge in [-0.2, -0.15) is 0 Å². The van der Waals surface area contributed by atoms with E-state index >= 15 is 0 Å². The van der Waals surface area contributed by atoms with Crippen LogP contribution in [-0.4, -0.2) is 16.0 Å². The maximum Gasteiger partial charge on any atom is 0.193 e. The Bertz CT molecular complexity index is 526. The van der Waals surface area contributed by atoms with Crippen LogP contribution in [-0.2, 0) is 0 Å². The number of hydrogen-bond acceptors (Lipinski definition) is 3. The van der Waals surface area contributed by atoms with Crippen LogP contribution in [0.3, 0.4) is 0 Å². The largest absolute Gasteiger partial charge is 0.508 e. The number of rotatable bonds is 3. The molecular formula is C14H12O3. The summed E-state index contributed by atoms with van der Waals surface area (Å²) in [4.78, 5) is 12.1. The Kier molecular flexibility index (Phi) is 2.83. The monoisotopic (exact) mass is 228 g/mol. The van der Waals surface area contributed by atoms with Crippen molar-refractivity contribution >= 4 is 5.78 Å². The van der Waals surface area contributed by atoms with Crippen LogP contribution < -0.4 is 0 Å². The molecular weight excluding hydrogens is 216 g/mol. The van der Waals surface area contributed by atoms with Gasteiger partial charge in [-0.1, -0.05) is 30.9 Å². The van der Waals surface area contributed by atoms with Crippen molar-refractivity contribution < 1.29 is 15.0 Å². The summed E-state index contributed by atoms with van der Waals surface area (Å²) in [6, 6.07) is 3.89. The minimum absolute atomic E-state index is 0.0784. The SMILES string of the molecule is C=C(C(=O)c1ccc(O)cc1O)C1C=CC=C1. The van der Waals surface area contributed by atoms with E-state index in [9.17, 15) is 9.90 Å². The number of aromatic hydroxyl groups is 2. The van der Waals surface area contributed by atoms with E-state index < -0.39 is 0 Å². The molecule has 2 N–H and O–H groups in total. The average molecular weight is 228 g/mol. The van der Waals surface area contributed by atoms with E-state index in [1.165, 1.54) is 12.1 Å². The highest BCUT2D eigenvalue weighted by atomic mass is 16.3. The van der Waals surface area contributed by atoms with Gasteiger partial charge >= 0.3 is 0 Å². The van der Waals surface area contributed by atoms with Crippen LogP contribution in [0.15, 0.2) is 54.7 Å². The smallest absolute Gasteiger partial charge is 0.193 e. The number of hydrogen-bond donors (Lipinski definition) is 2. The number of allylic oxidation sites excluding steroid dienone is 5. The second-order valence-electron chi connectivity index (χ2n) is 3.85. The first-order valence-corrected chi connectivity index (χ1v) is 5.20. The Balaban J connectivity index is 2.28. The summed E-state index contributed by atoms with van der Waals surface area (Å²) in [5, 5.41) is 18.7. The standard InChI is InChI=1S/C14H12O3/c1-9(10-4-2-3-5-10)14(17)12-7-6-11(15)8-13(12)16/h2-8,10,15-16H,1H2. The normalized spacial score (nSPS) is 14.1. The first-order valence-electron chi connectivity index (χ1n) is 5.20. The van der Waals surface area contributed by atoms with Gasteiger partial charge in [0.15, 0.2) is 5.78 Å². The number of carbonyl (C=O) groups excluding carboxylic acids is 1. The summed E-state index contributed by atoms with van der Waals surface area (Å²) in [5.74, 6) is -0.744. The summed E-state index contributed by atoms with van der Waals surface area (Å²) < 4.78 is 0. The highest BCUT2D eigenvalue weighted by molar-refractivity contribution is 6.10. The molecule has 0 heterocycles. The van der Waals surface area contributed by atoms with Crippen molar-refractivity contribution in [1.82, 2.24) is 0 Å². The average Bonchev–Trinajstić information content (AvgIpc) is 2.80. The first-order chi connectivity index (χ1) is 8.09. The lowest BCUT2D eigenvalue weighted by atomic mass is 9.94. The molecule has 0 atom stereocenters. The van der Waals surface area contributed by atoms with Crippen LogP contribution in [0, 0.1) is 5.92 Å². The number of Topliss-reactive ketones (excluding diaryl/α,β-unsaturated/α-hetero) is 1. The molecule has 0 bridgehead atoms. The molecule has 1 aliphatic carbocycles. The van der Waals surface area contributed by atoms with Gasteiger partial charge < -0.3 is 10.2 Å². The predicted octanol–water partition coefficient (Wildman–Crippen LogP) is 2.58. The molecule has 0 radical (unpaired) electrons. The summed E-state index contributed by atoms with van der Waals surface area (Å²) in [5.41, 5.74) is 0.553. The third-order valence-corrected chi connectivity index (χ3v) is 2.67. The van der Waals surface area contributed by atoms with Crippen molar-refractivity contribution in [2.24, 2.45) is 5.92 Å². The number of phenolic OH excluding ortho intramolecular Hbond substituents is 2. The number of carbonyl (C=O) groups is 1. The van der Waals surface area contributed by atoms with Crippen LogP contribution in [0.5, 0.6) is 11.5 Å². The molecule has 2 rings (SSSR count). The molecule has 0 amide bonds. The summed E-state index contributed by atoms with van der Waals surface area (Å²) in [6.45, 7) is 3.75. The predicted molar refractivity (Wildman–Crippen MR) is 65.0 cm³/mol. The third kappa shape index (κ3) is 2.13. The van der Waals surface area contributed by atoms with E-state index in [0.717, 1.165) is 6.07 Å². The van der Waals surface area contributed by atoms with Crippen LogP contribution in [0.4, 0.5) is 0 Å². The molecule has 86 valence electrons. The van der Waals surface area contributed by atoms with Gasteiger partial charge in [-0.05, 0) is 12.1 Å². The molecule has 3 heteroatoms.